The van der Waals surface area contributed by atoms with E-state index < -0.39 is 11.6 Å². The SMILES string of the molecule is COc1ccc(CCNC(=O)CN2C(=O)NC3(CCCCCCC3)C2=O)cc1. The van der Waals surface area contributed by atoms with E-state index in [9.17, 15) is 14.4 Å². The van der Waals surface area contributed by atoms with Gasteiger partial charge in [-0.1, -0.05) is 44.2 Å². The van der Waals surface area contributed by atoms with Gasteiger partial charge in [-0.2, -0.15) is 0 Å². The number of hydrogen-bond donors (Lipinski definition) is 2. The first-order chi connectivity index (χ1) is 13.5. The molecule has 3 rings (SSSR count). The summed E-state index contributed by atoms with van der Waals surface area (Å²) in [7, 11) is 1.62. The van der Waals surface area contributed by atoms with E-state index in [1.807, 2.05) is 24.3 Å². The summed E-state index contributed by atoms with van der Waals surface area (Å²) in [6.07, 6.45) is 7.17. The van der Waals surface area contributed by atoms with Gasteiger partial charge in [-0.05, 0) is 37.0 Å². The maximum Gasteiger partial charge on any atom is 0.325 e. The molecular formula is C21H29N3O4. The third-order valence-electron chi connectivity index (χ3n) is 5.65. The van der Waals surface area contributed by atoms with Crippen molar-refractivity contribution >= 4 is 17.8 Å². The van der Waals surface area contributed by atoms with Crippen molar-refractivity contribution in [2.75, 3.05) is 20.2 Å². The van der Waals surface area contributed by atoms with Crippen molar-refractivity contribution in [3.8, 4) is 5.75 Å². The molecule has 152 valence electrons. The number of methoxy groups -OCH3 is 1. The Bertz CT molecular complexity index is 709. The van der Waals surface area contributed by atoms with Crippen LogP contribution in [0.5, 0.6) is 5.75 Å². The topological polar surface area (TPSA) is 87.7 Å². The van der Waals surface area contributed by atoms with Gasteiger partial charge in [0.1, 0.15) is 17.8 Å². The molecular weight excluding hydrogens is 358 g/mol. The van der Waals surface area contributed by atoms with Crippen LogP contribution in [0, 0.1) is 0 Å². The lowest BCUT2D eigenvalue weighted by atomic mass is 9.84. The van der Waals surface area contributed by atoms with Gasteiger partial charge < -0.3 is 15.4 Å². The average molecular weight is 387 g/mol. The zero-order valence-corrected chi connectivity index (χ0v) is 16.5. The summed E-state index contributed by atoms with van der Waals surface area (Å²) in [4.78, 5) is 38.6. The molecule has 1 aromatic rings. The maximum atomic E-state index is 12.9. The summed E-state index contributed by atoms with van der Waals surface area (Å²) < 4.78 is 5.12. The minimum Gasteiger partial charge on any atom is -0.497 e. The van der Waals surface area contributed by atoms with Crippen molar-refractivity contribution in [2.24, 2.45) is 0 Å². The molecule has 1 aromatic carbocycles. The predicted octanol–water partition coefficient (Wildman–Crippen LogP) is 2.39. The summed E-state index contributed by atoms with van der Waals surface area (Å²) in [6.45, 7) is 0.217. The normalized spacial score (nSPS) is 19.1. The van der Waals surface area contributed by atoms with E-state index >= 15 is 0 Å². The number of carbonyl (C=O) groups is 3. The Balaban J connectivity index is 1.50. The van der Waals surface area contributed by atoms with E-state index in [4.69, 9.17) is 4.74 Å². The van der Waals surface area contributed by atoms with Gasteiger partial charge in [-0.25, -0.2) is 4.79 Å². The van der Waals surface area contributed by atoms with E-state index in [1.54, 1.807) is 7.11 Å². The van der Waals surface area contributed by atoms with Crippen LogP contribution in [-0.2, 0) is 16.0 Å². The molecule has 2 aliphatic rings. The first kappa shape index (κ1) is 20.2. The molecule has 0 bridgehead atoms. The van der Waals surface area contributed by atoms with Crippen LogP contribution in [0.25, 0.3) is 0 Å². The third kappa shape index (κ3) is 4.64. The Hall–Kier alpha value is -2.57. The zero-order valence-electron chi connectivity index (χ0n) is 16.5. The quantitative estimate of drug-likeness (QED) is 0.734. The number of amides is 4. The zero-order chi connectivity index (χ0) is 20.0. The Morgan fingerprint density at radius 1 is 1.11 bits per heavy atom. The molecule has 4 amide bonds. The van der Waals surface area contributed by atoms with Crippen molar-refractivity contribution in [2.45, 2.75) is 56.9 Å². The molecule has 2 fully saturated rings. The lowest BCUT2D eigenvalue weighted by Gasteiger charge is -2.28. The fraction of sp³-hybridized carbons (Fsp3) is 0.571. The number of hydrogen-bond acceptors (Lipinski definition) is 4. The van der Waals surface area contributed by atoms with E-state index in [2.05, 4.69) is 10.6 Å². The van der Waals surface area contributed by atoms with Crippen molar-refractivity contribution < 1.29 is 19.1 Å². The highest BCUT2D eigenvalue weighted by Gasteiger charge is 2.50. The van der Waals surface area contributed by atoms with Gasteiger partial charge in [0.05, 0.1) is 7.11 Å². The van der Waals surface area contributed by atoms with Crippen LogP contribution < -0.4 is 15.4 Å². The molecule has 28 heavy (non-hydrogen) atoms. The fourth-order valence-electron chi connectivity index (χ4n) is 4.01. The fourth-order valence-corrected chi connectivity index (χ4v) is 4.01. The molecule has 1 saturated heterocycles. The summed E-state index contributed by atoms with van der Waals surface area (Å²) in [5.74, 6) is 0.221. The number of urea groups is 1. The summed E-state index contributed by atoms with van der Waals surface area (Å²) in [5.41, 5.74) is 0.269. The molecule has 2 N–H and O–H groups in total. The van der Waals surface area contributed by atoms with Crippen molar-refractivity contribution in [1.82, 2.24) is 15.5 Å². The van der Waals surface area contributed by atoms with E-state index in [1.165, 1.54) is 6.42 Å². The number of nitrogens with one attached hydrogen (secondary N) is 2. The Morgan fingerprint density at radius 2 is 1.75 bits per heavy atom. The van der Waals surface area contributed by atoms with Gasteiger partial charge in [0.25, 0.3) is 5.91 Å². The minimum atomic E-state index is -0.805. The second kappa shape index (κ2) is 9.08. The Morgan fingerprint density at radius 3 is 2.39 bits per heavy atom. The lowest BCUT2D eigenvalue weighted by molar-refractivity contribution is -0.135. The largest absolute Gasteiger partial charge is 0.497 e. The smallest absolute Gasteiger partial charge is 0.325 e. The van der Waals surface area contributed by atoms with Gasteiger partial charge in [0.15, 0.2) is 0 Å². The number of benzene rings is 1. The van der Waals surface area contributed by atoms with Gasteiger partial charge in [0, 0.05) is 6.54 Å². The van der Waals surface area contributed by atoms with Crippen molar-refractivity contribution in [3.63, 3.8) is 0 Å². The first-order valence-corrected chi connectivity index (χ1v) is 10.1. The van der Waals surface area contributed by atoms with Crippen LogP contribution in [0.1, 0.15) is 50.5 Å². The minimum absolute atomic E-state index is 0.227. The molecule has 0 aromatic heterocycles. The van der Waals surface area contributed by atoms with E-state index in [0.717, 1.165) is 41.9 Å². The Kier molecular flexibility index (Phi) is 6.54. The molecule has 1 aliphatic heterocycles. The van der Waals surface area contributed by atoms with Crippen LogP contribution in [0.2, 0.25) is 0 Å². The molecule has 1 heterocycles. The van der Waals surface area contributed by atoms with E-state index in [0.29, 0.717) is 25.8 Å². The number of rotatable bonds is 6. The molecule has 0 unspecified atom stereocenters. The van der Waals surface area contributed by atoms with Crippen LogP contribution in [0.4, 0.5) is 4.79 Å². The van der Waals surface area contributed by atoms with Crippen molar-refractivity contribution in [3.05, 3.63) is 29.8 Å². The highest BCUT2D eigenvalue weighted by atomic mass is 16.5. The monoisotopic (exact) mass is 387 g/mol. The molecule has 1 aliphatic carbocycles. The van der Waals surface area contributed by atoms with Crippen LogP contribution in [-0.4, -0.2) is 48.5 Å². The number of carbonyl (C=O) groups excluding carboxylic acids is 3. The maximum absolute atomic E-state index is 12.9. The Labute approximate surface area is 165 Å². The highest BCUT2D eigenvalue weighted by Crippen LogP contribution is 2.31. The molecule has 0 atom stereocenters. The lowest BCUT2D eigenvalue weighted by Crippen LogP contribution is -2.48. The standard InChI is InChI=1S/C21H29N3O4/c1-28-17-9-7-16(8-10-17)11-14-22-18(25)15-24-19(26)21(23-20(24)27)12-5-3-2-4-6-13-21/h7-10H,2-6,11-15H2,1H3,(H,22,25)(H,23,27). The summed E-state index contributed by atoms with van der Waals surface area (Å²) >= 11 is 0. The summed E-state index contributed by atoms with van der Waals surface area (Å²) in [6, 6.07) is 7.19. The average Bonchev–Trinajstić information content (AvgIpc) is 2.90. The third-order valence-corrected chi connectivity index (χ3v) is 5.65. The van der Waals surface area contributed by atoms with Crippen LogP contribution >= 0.6 is 0 Å². The number of imide groups is 1. The molecule has 1 saturated carbocycles. The van der Waals surface area contributed by atoms with E-state index in [-0.39, 0.29) is 18.4 Å². The number of nitrogens with zero attached hydrogens (tertiary/aromatic N) is 1. The summed E-state index contributed by atoms with van der Waals surface area (Å²) in [5, 5.41) is 5.68. The number of ether oxygens (including phenoxy) is 1. The second-order valence-corrected chi connectivity index (χ2v) is 7.62. The van der Waals surface area contributed by atoms with Crippen molar-refractivity contribution in [1.29, 1.82) is 0 Å². The van der Waals surface area contributed by atoms with Gasteiger partial charge >= 0.3 is 6.03 Å². The van der Waals surface area contributed by atoms with Gasteiger partial charge in [-0.15, -0.1) is 0 Å². The van der Waals surface area contributed by atoms with Gasteiger partial charge in [0.2, 0.25) is 5.91 Å². The van der Waals surface area contributed by atoms with Crippen LogP contribution in [0.3, 0.4) is 0 Å². The molecule has 7 heteroatoms. The molecule has 1 spiro atoms. The first-order valence-electron chi connectivity index (χ1n) is 10.1. The molecule has 0 radical (unpaired) electrons. The highest BCUT2D eigenvalue weighted by molar-refractivity contribution is 6.09. The second-order valence-electron chi connectivity index (χ2n) is 7.62. The van der Waals surface area contributed by atoms with Gasteiger partial charge in [-0.3, -0.25) is 14.5 Å². The predicted molar refractivity (Wildman–Crippen MR) is 105 cm³/mol. The van der Waals surface area contributed by atoms with Crippen LogP contribution in [0.15, 0.2) is 24.3 Å². The molecule has 7 nitrogen and oxygen atoms in total.